The SMILES string of the molecule is CC=C(CCN)C(=NC)C(C)=CCC(C)O. The number of allylic oxidation sites excluding steroid dienone is 2. The second-order valence-electron chi connectivity index (χ2n) is 3.90. The Bertz CT molecular complexity index is 288. The number of nitrogens with zero attached hydrogens (tertiary/aromatic N) is 1. The van der Waals surface area contributed by atoms with E-state index < -0.39 is 0 Å². The second kappa shape index (κ2) is 8.25. The van der Waals surface area contributed by atoms with E-state index in [2.05, 4.69) is 11.1 Å². The molecule has 0 spiro atoms. The topological polar surface area (TPSA) is 58.6 Å². The van der Waals surface area contributed by atoms with Gasteiger partial charge in [0.15, 0.2) is 0 Å². The number of aliphatic imine (C=N–C) groups is 1. The molecule has 0 heterocycles. The maximum atomic E-state index is 9.24. The molecule has 0 aromatic heterocycles. The Hall–Kier alpha value is -0.930. The van der Waals surface area contributed by atoms with Crippen LogP contribution >= 0.6 is 0 Å². The van der Waals surface area contributed by atoms with Crippen LogP contribution in [-0.4, -0.2) is 30.5 Å². The van der Waals surface area contributed by atoms with Crippen molar-refractivity contribution in [1.29, 1.82) is 0 Å². The van der Waals surface area contributed by atoms with Gasteiger partial charge >= 0.3 is 0 Å². The average molecular weight is 224 g/mol. The zero-order valence-electron chi connectivity index (χ0n) is 10.8. The molecular weight excluding hydrogens is 200 g/mol. The van der Waals surface area contributed by atoms with Crippen LogP contribution in [0.1, 0.15) is 33.6 Å². The summed E-state index contributed by atoms with van der Waals surface area (Å²) in [6.07, 6.45) is 5.26. The predicted molar refractivity (Wildman–Crippen MR) is 70.8 cm³/mol. The molecule has 0 rings (SSSR count). The van der Waals surface area contributed by atoms with Gasteiger partial charge in [0.05, 0.1) is 11.8 Å². The second-order valence-corrected chi connectivity index (χ2v) is 3.90. The van der Waals surface area contributed by atoms with Gasteiger partial charge in [-0.05, 0) is 51.3 Å². The van der Waals surface area contributed by atoms with Crippen molar-refractivity contribution in [3.63, 3.8) is 0 Å². The van der Waals surface area contributed by atoms with E-state index in [4.69, 9.17) is 5.73 Å². The van der Waals surface area contributed by atoms with E-state index in [9.17, 15) is 5.11 Å². The molecule has 0 aromatic rings. The van der Waals surface area contributed by atoms with Crippen LogP contribution < -0.4 is 5.73 Å². The van der Waals surface area contributed by atoms with Crippen molar-refractivity contribution >= 4 is 5.71 Å². The third-order valence-electron chi connectivity index (χ3n) is 2.43. The molecule has 0 amide bonds. The van der Waals surface area contributed by atoms with E-state index >= 15 is 0 Å². The summed E-state index contributed by atoms with van der Waals surface area (Å²) in [5.41, 5.74) is 8.83. The number of nitrogens with two attached hydrogens (primary N) is 1. The van der Waals surface area contributed by atoms with E-state index in [1.165, 1.54) is 5.57 Å². The number of aliphatic hydroxyl groups is 1. The van der Waals surface area contributed by atoms with Gasteiger partial charge in [-0.25, -0.2) is 0 Å². The van der Waals surface area contributed by atoms with Crippen LogP contribution in [0.2, 0.25) is 0 Å². The van der Waals surface area contributed by atoms with Gasteiger partial charge in [0, 0.05) is 7.05 Å². The molecule has 0 saturated heterocycles. The lowest BCUT2D eigenvalue weighted by atomic mass is 9.99. The maximum Gasteiger partial charge on any atom is 0.0625 e. The minimum absolute atomic E-state index is 0.309. The fourth-order valence-electron chi connectivity index (χ4n) is 1.57. The molecule has 92 valence electrons. The summed E-state index contributed by atoms with van der Waals surface area (Å²) in [4.78, 5) is 4.30. The van der Waals surface area contributed by atoms with E-state index in [1.54, 1.807) is 14.0 Å². The molecule has 16 heavy (non-hydrogen) atoms. The van der Waals surface area contributed by atoms with E-state index in [-0.39, 0.29) is 6.10 Å². The third-order valence-corrected chi connectivity index (χ3v) is 2.43. The smallest absolute Gasteiger partial charge is 0.0625 e. The molecule has 0 saturated carbocycles. The molecular formula is C13H24N2O. The van der Waals surface area contributed by atoms with Gasteiger partial charge in [0.1, 0.15) is 0 Å². The maximum absolute atomic E-state index is 9.24. The molecule has 0 aliphatic carbocycles. The van der Waals surface area contributed by atoms with Crippen molar-refractivity contribution in [2.24, 2.45) is 10.7 Å². The molecule has 3 heteroatoms. The summed E-state index contributed by atoms with van der Waals surface area (Å²) >= 11 is 0. The molecule has 1 unspecified atom stereocenters. The monoisotopic (exact) mass is 224 g/mol. The highest BCUT2D eigenvalue weighted by Crippen LogP contribution is 2.12. The minimum atomic E-state index is -0.309. The van der Waals surface area contributed by atoms with Crippen LogP contribution in [0.4, 0.5) is 0 Å². The lowest BCUT2D eigenvalue weighted by Gasteiger charge is -2.10. The van der Waals surface area contributed by atoms with Crippen LogP contribution in [0.5, 0.6) is 0 Å². The van der Waals surface area contributed by atoms with Crippen molar-refractivity contribution in [3.8, 4) is 0 Å². The van der Waals surface area contributed by atoms with Gasteiger partial charge in [-0.2, -0.15) is 0 Å². The van der Waals surface area contributed by atoms with Crippen LogP contribution in [-0.2, 0) is 0 Å². The number of aliphatic hydroxyl groups excluding tert-OH is 1. The third kappa shape index (κ3) is 5.24. The Morgan fingerprint density at radius 1 is 1.50 bits per heavy atom. The first-order chi connectivity index (χ1) is 7.56. The normalized spacial score (nSPS) is 16.5. The van der Waals surface area contributed by atoms with Gasteiger partial charge in [-0.1, -0.05) is 12.2 Å². The molecule has 0 aliphatic heterocycles. The van der Waals surface area contributed by atoms with Crippen LogP contribution in [0.3, 0.4) is 0 Å². The lowest BCUT2D eigenvalue weighted by Crippen LogP contribution is -2.10. The summed E-state index contributed by atoms with van der Waals surface area (Å²) < 4.78 is 0. The number of hydrogen-bond donors (Lipinski definition) is 2. The van der Waals surface area contributed by atoms with E-state index in [0.717, 1.165) is 17.7 Å². The zero-order chi connectivity index (χ0) is 12.6. The first kappa shape index (κ1) is 15.1. The number of rotatable bonds is 6. The predicted octanol–water partition coefficient (Wildman–Crippen LogP) is 2.07. The van der Waals surface area contributed by atoms with Gasteiger partial charge in [-0.3, -0.25) is 4.99 Å². The highest BCUT2D eigenvalue weighted by molar-refractivity contribution is 6.11. The summed E-state index contributed by atoms with van der Waals surface area (Å²) in [7, 11) is 1.79. The van der Waals surface area contributed by atoms with Crippen molar-refractivity contribution in [1.82, 2.24) is 0 Å². The number of hydrogen-bond acceptors (Lipinski definition) is 3. The Labute approximate surface area is 98.8 Å². The Morgan fingerprint density at radius 3 is 2.50 bits per heavy atom. The van der Waals surface area contributed by atoms with Crippen molar-refractivity contribution in [3.05, 3.63) is 23.3 Å². The molecule has 1 atom stereocenters. The average Bonchev–Trinajstić information content (AvgIpc) is 2.26. The Morgan fingerprint density at radius 2 is 2.12 bits per heavy atom. The van der Waals surface area contributed by atoms with E-state index in [0.29, 0.717) is 13.0 Å². The van der Waals surface area contributed by atoms with Crippen molar-refractivity contribution in [2.75, 3.05) is 13.6 Å². The largest absolute Gasteiger partial charge is 0.393 e. The summed E-state index contributed by atoms with van der Waals surface area (Å²) in [6, 6.07) is 0. The quantitative estimate of drug-likeness (QED) is 0.679. The molecule has 3 N–H and O–H groups in total. The standard InChI is InChI=1S/C13H24N2O/c1-5-12(8-9-14)13(15-4)10(2)6-7-11(3)16/h5-6,11,16H,7-9,14H2,1-4H3. The van der Waals surface area contributed by atoms with Crippen LogP contribution in [0, 0.1) is 0 Å². The van der Waals surface area contributed by atoms with Crippen LogP contribution in [0.25, 0.3) is 0 Å². The molecule has 0 aromatic carbocycles. The van der Waals surface area contributed by atoms with Gasteiger partial charge < -0.3 is 10.8 Å². The van der Waals surface area contributed by atoms with Crippen molar-refractivity contribution < 1.29 is 5.11 Å². The van der Waals surface area contributed by atoms with Gasteiger partial charge in [-0.15, -0.1) is 0 Å². The molecule has 0 aliphatic rings. The Balaban J connectivity index is 4.80. The van der Waals surface area contributed by atoms with Gasteiger partial charge in [0.2, 0.25) is 0 Å². The van der Waals surface area contributed by atoms with E-state index in [1.807, 2.05) is 19.9 Å². The fraction of sp³-hybridized carbons (Fsp3) is 0.615. The molecule has 0 radical (unpaired) electrons. The molecule has 0 fully saturated rings. The summed E-state index contributed by atoms with van der Waals surface area (Å²) in [5.74, 6) is 0. The summed E-state index contributed by atoms with van der Waals surface area (Å²) in [5, 5.41) is 9.24. The lowest BCUT2D eigenvalue weighted by molar-refractivity contribution is 0.198. The Kier molecular flexibility index (Phi) is 7.77. The first-order valence-electron chi connectivity index (χ1n) is 5.74. The minimum Gasteiger partial charge on any atom is -0.393 e. The van der Waals surface area contributed by atoms with Gasteiger partial charge in [0.25, 0.3) is 0 Å². The highest BCUT2D eigenvalue weighted by Gasteiger charge is 2.07. The fourth-order valence-corrected chi connectivity index (χ4v) is 1.57. The first-order valence-corrected chi connectivity index (χ1v) is 5.74. The molecule has 0 bridgehead atoms. The zero-order valence-corrected chi connectivity index (χ0v) is 10.8. The highest BCUT2D eigenvalue weighted by atomic mass is 16.3. The van der Waals surface area contributed by atoms with Crippen LogP contribution in [0.15, 0.2) is 28.3 Å². The van der Waals surface area contributed by atoms with Crippen molar-refractivity contribution in [2.45, 2.75) is 39.7 Å². The molecule has 3 nitrogen and oxygen atoms in total. The summed E-state index contributed by atoms with van der Waals surface area (Å²) in [6.45, 7) is 6.42.